The van der Waals surface area contributed by atoms with Crippen molar-refractivity contribution in [2.45, 2.75) is 101 Å². The molecule has 10 nitrogen and oxygen atoms in total. The van der Waals surface area contributed by atoms with Crippen LogP contribution in [0, 0.1) is 17.1 Å². The first kappa shape index (κ1) is 32.0. The molecule has 0 unspecified atom stereocenters. The van der Waals surface area contributed by atoms with Crippen LogP contribution in [-0.2, 0) is 4.74 Å². The fourth-order valence-corrected chi connectivity index (χ4v) is 8.78. The van der Waals surface area contributed by atoms with Crippen molar-refractivity contribution >= 4 is 28.5 Å². The Morgan fingerprint density at radius 3 is 2.55 bits per heavy atom. The summed E-state index contributed by atoms with van der Waals surface area (Å²) in [5.74, 6) is 0.175. The van der Waals surface area contributed by atoms with Crippen LogP contribution >= 0.6 is 0 Å². The number of halogens is 2. The van der Waals surface area contributed by atoms with Gasteiger partial charge in [-0.1, -0.05) is 6.07 Å². The van der Waals surface area contributed by atoms with E-state index in [4.69, 9.17) is 20.2 Å². The molecular weight excluding hydrogens is 628 g/mol. The Kier molecular flexibility index (Phi) is 7.63. The van der Waals surface area contributed by atoms with Crippen LogP contribution in [0.1, 0.15) is 82.8 Å². The normalized spacial score (nSPS) is 26.7. The number of nitrogen functional groups attached to an aromatic ring is 1. The third-order valence-electron chi connectivity index (χ3n) is 11.0. The SMILES string of the molecule is CC(C)(C)OC(=O)N1[C@@H]2CC[C@H]1CN(c1nc(OC[C@@]34CCCN3C[C@H](F)C4)nc3c(F)c(-c4cc(N)cc(C#N)c4C4CC4)ccc13)C2. The van der Waals surface area contributed by atoms with E-state index < -0.39 is 23.1 Å². The molecule has 1 saturated carbocycles. The molecule has 5 fully saturated rings. The molecule has 3 aromatic rings. The topological polar surface area (TPSA) is 121 Å². The van der Waals surface area contributed by atoms with Crippen LogP contribution in [0.3, 0.4) is 0 Å². The first-order chi connectivity index (χ1) is 23.4. The van der Waals surface area contributed by atoms with Gasteiger partial charge in [0, 0.05) is 42.7 Å². The van der Waals surface area contributed by atoms with Gasteiger partial charge in [-0.25, -0.2) is 13.6 Å². The molecule has 5 aliphatic rings. The average Bonchev–Trinajstić information content (AvgIpc) is 3.66. The number of fused-ring (bicyclic) bond motifs is 4. The summed E-state index contributed by atoms with van der Waals surface area (Å²) in [4.78, 5) is 28.9. The van der Waals surface area contributed by atoms with E-state index in [1.807, 2.05) is 31.7 Å². The Balaban J connectivity index is 1.20. The molecule has 258 valence electrons. The number of alkyl halides is 1. The van der Waals surface area contributed by atoms with Crippen molar-refractivity contribution in [1.82, 2.24) is 19.8 Å². The highest BCUT2D eigenvalue weighted by Gasteiger charge is 2.50. The van der Waals surface area contributed by atoms with Crippen LogP contribution in [0.15, 0.2) is 24.3 Å². The van der Waals surface area contributed by atoms with Crippen molar-refractivity contribution in [3.05, 3.63) is 41.2 Å². The van der Waals surface area contributed by atoms with E-state index in [2.05, 4.69) is 20.9 Å². The van der Waals surface area contributed by atoms with E-state index in [-0.39, 0.29) is 42.2 Å². The molecule has 5 heterocycles. The van der Waals surface area contributed by atoms with Crippen molar-refractivity contribution in [3.8, 4) is 23.2 Å². The fraction of sp³-hybridized carbons (Fsp3) is 0.568. The molecule has 2 N–H and O–H groups in total. The van der Waals surface area contributed by atoms with Gasteiger partial charge in [0.15, 0.2) is 5.82 Å². The van der Waals surface area contributed by atoms with Crippen molar-refractivity contribution in [2.75, 3.05) is 43.4 Å². The zero-order chi connectivity index (χ0) is 34.2. The van der Waals surface area contributed by atoms with Gasteiger partial charge in [0.2, 0.25) is 0 Å². The predicted octanol–water partition coefficient (Wildman–Crippen LogP) is 6.31. The molecule has 49 heavy (non-hydrogen) atoms. The Labute approximate surface area is 285 Å². The van der Waals surface area contributed by atoms with Gasteiger partial charge >= 0.3 is 12.1 Å². The molecule has 8 rings (SSSR count). The van der Waals surface area contributed by atoms with E-state index in [1.165, 1.54) is 0 Å². The van der Waals surface area contributed by atoms with Gasteiger partial charge in [-0.2, -0.15) is 15.2 Å². The molecule has 12 heteroatoms. The molecule has 1 aromatic heterocycles. The smallest absolute Gasteiger partial charge is 0.410 e. The van der Waals surface area contributed by atoms with Crippen molar-refractivity contribution < 1.29 is 23.0 Å². The summed E-state index contributed by atoms with van der Waals surface area (Å²) in [6.07, 6.45) is 4.47. The number of nitriles is 1. The van der Waals surface area contributed by atoms with Gasteiger partial charge in [0.25, 0.3) is 0 Å². The third-order valence-corrected chi connectivity index (χ3v) is 11.0. The molecule has 1 aliphatic carbocycles. The number of carbonyl (C=O) groups is 1. The van der Waals surface area contributed by atoms with Crippen molar-refractivity contribution in [3.63, 3.8) is 0 Å². The number of rotatable bonds is 6. The van der Waals surface area contributed by atoms with Crippen LogP contribution < -0.4 is 15.4 Å². The molecule has 4 aliphatic heterocycles. The van der Waals surface area contributed by atoms with Gasteiger partial charge in [-0.3, -0.25) is 9.80 Å². The number of nitrogens with zero attached hydrogens (tertiary/aromatic N) is 6. The summed E-state index contributed by atoms with van der Waals surface area (Å²) >= 11 is 0. The Bertz CT molecular complexity index is 1860. The van der Waals surface area contributed by atoms with Gasteiger partial charge in [0.05, 0.1) is 29.3 Å². The summed E-state index contributed by atoms with van der Waals surface area (Å²) in [6, 6.07) is 9.10. The van der Waals surface area contributed by atoms with Crippen molar-refractivity contribution in [1.29, 1.82) is 5.26 Å². The molecule has 0 spiro atoms. The van der Waals surface area contributed by atoms with Gasteiger partial charge in [0.1, 0.15) is 29.7 Å². The van der Waals surface area contributed by atoms with E-state index in [0.29, 0.717) is 59.6 Å². The van der Waals surface area contributed by atoms with E-state index in [1.54, 1.807) is 18.2 Å². The number of nitrogens with two attached hydrogens (primary N) is 1. The molecular formula is C37H43F2N7O3. The minimum absolute atomic E-state index is 0.0386. The monoisotopic (exact) mass is 671 g/mol. The van der Waals surface area contributed by atoms with Crippen LogP contribution in [0.4, 0.5) is 25.1 Å². The number of amides is 1. The van der Waals surface area contributed by atoms with Gasteiger partial charge in [-0.15, -0.1) is 0 Å². The second kappa shape index (κ2) is 11.7. The van der Waals surface area contributed by atoms with E-state index >= 15 is 4.39 Å². The quantitative estimate of drug-likeness (QED) is 0.301. The van der Waals surface area contributed by atoms with Crippen LogP contribution in [0.5, 0.6) is 6.01 Å². The van der Waals surface area contributed by atoms with Crippen LogP contribution in [0.2, 0.25) is 0 Å². The number of carbonyl (C=O) groups excluding carboxylic acids is 1. The van der Waals surface area contributed by atoms with Crippen LogP contribution in [-0.4, -0.2) is 88.0 Å². The standard InChI is InChI=1S/C37H43F2N7O3/c1-36(2,3)49-35(47)46-25-7-8-26(46)19-44(18-25)33-28-10-9-27(29-14-24(41)13-22(16-40)30(29)21-5-6-21)31(39)32(28)42-34(43-33)48-20-37-11-4-12-45(37)17-23(38)15-37/h9-10,13-14,21,23,25-26H,4-8,11-12,15,17-20,41H2,1-3H3/t23-,25-,26+,37+/m1/s1. The maximum absolute atomic E-state index is 17.0. The third kappa shape index (κ3) is 5.69. The number of aromatic nitrogens is 2. The zero-order valence-electron chi connectivity index (χ0n) is 28.3. The summed E-state index contributed by atoms with van der Waals surface area (Å²) in [7, 11) is 0. The Morgan fingerprint density at radius 2 is 1.86 bits per heavy atom. The summed E-state index contributed by atoms with van der Waals surface area (Å²) in [5, 5.41) is 10.5. The number of piperazine rings is 1. The Morgan fingerprint density at radius 1 is 1.10 bits per heavy atom. The lowest BCUT2D eigenvalue weighted by Gasteiger charge is -2.42. The maximum Gasteiger partial charge on any atom is 0.410 e. The summed E-state index contributed by atoms with van der Waals surface area (Å²) < 4.78 is 43.6. The molecule has 4 saturated heterocycles. The zero-order valence-corrected chi connectivity index (χ0v) is 28.3. The van der Waals surface area contributed by atoms with Crippen LogP contribution in [0.25, 0.3) is 22.0 Å². The first-order valence-corrected chi connectivity index (χ1v) is 17.6. The highest BCUT2D eigenvalue weighted by atomic mass is 19.1. The lowest BCUT2D eigenvalue weighted by atomic mass is 9.91. The highest BCUT2D eigenvalue weighted by molar-refractivity contribution is 5.94. The van der Waals surface area contributed by atoms with E-state index in [0.717, 1.165) is 50.6 Å². The fourth-order valence-electron chi connectivity index (χ4n) is 8.78. The second-order valence-electron chi connectivity index (χ2n) is 15.6. The Hall–Kier alpha value is -4.24. The minimum Gasteiger partial charge on any atom is -0.461 e. The summed E-state index contributed by atoms with van der Waals surface area (Å²) in [6.45, 7) is 8.02. The molecule has 2 bridgehead atoms. The molecule has 4 atom stereocenters. The van der Waals surface area contributed by atoms with Crippen molar-refractivity contribution in [2.24, 2.45) is 0 Å². The molecule has 0 radical (unpaired) electrons. The lowest BCUT2D eigenvalue weighted by Crippen LogP contribution is -2.57. The number of hydrogen-bond acceptors (Lipinski definition) is 9. The second-order valence-corrected chi connectivity index (χ2v) is 15.6. The number of ether oxygens (including phenoxy) is 2. The summed E-state index contributed by atoms with van der Waals surface area (Å²) in [5.41, 5.74) is 7.90. The number of hydrogen-bond donors (Lipinski definition) is 1. The average molecular weight is 672 g/mol. The largest absolute Gasteiger partial charge is 0.461 e. The number of benzene rings is 2. The predicted molar refractivity (Wildman–Crippen MR) is 182 cm³/mol. The highest BCUT2D eigenvalue weighted by Crippen LogP contribution is 2.48. The molecule has 2 aromatic carbocycles. The first-order valence-electron chi connectivity index (χ1n) is 17.6. The van der Waals surface area contributed by atoms with Gasteiger partial charge in [-0.05, 0) is 101 Å². The lowest BCUT2D eigenvalue weighted by molar-refractivity contribution is 0.0122. The van der Waals surface area contributed by atoms with Gasteiger partial charge < -0.3 is 20.1 Å². The van der Waals surface area contributed by atoms with E-state index in [9.17, 15) is 14.4 Å². The number of anilines is 2. The minimum atomic E-state index is -0.911. The molecule has 1 amide bonds. The maximum atomic E-state index is 17.0.